The topological polar surface area (TPSA) is 59.8 Å². The number of carbonyl (C=O) groups is 1. The van der Waals surface area contributed by atoms with Gasteiger partial charge < -0.3 is 5.32 Å². The maximum absolute atomic E-state index is 12.4. The van der Waals surface area contributed by atoms with E-state index in [4.69, 9.17) is 4.98 Å². The lowest BCUT2D eigenvalue weighted by molar-refractivity contribution is 0.101. The van der Waals surface area contributed by atoms with E-state index in [1.807, 2.05) is 37.3 Å². The first kappa shape index (κ1) is 17.0. The van der Waals surface area contributed by atoms with Gasteiger partial charge in [-0.3, -0.25) is 9.48 Å². The number of anilines is 1. The molecule has 0 atom stereocenters. The average Bonchev–Trinajstić information content (AvgIpc) is 3.09. The smallest absolute Gasteiger partial charge is 0.273 e. The van der Waals surface area contributed by atoms with Gasteiger partial charge in [0.05, 0.1) is 11.2 Å². The number of aryl methyl sites for hydroxylation is 3. The van der Waals surface area contributed by atoms with Crippen LogP contribution in [0.4, 0.5) is 5.69 Å². The second-order valence-electron chi connectivity index (χ2n) is 6.72. The summed E-state index contributed by atoms with van der Waals surface area (Å²) in [6.07, 6.45) is 1.61. The van der Waals surface area contributed by atoms with Crippen LogP contribution in [0.2, 0.25) is 0 Å². The van der Waals surface area contributed by atoms with Gasteiger partial charge in [-0.2, -0.15) is 5.10 Å². The molecule has 4 aromatic rings. The van der Waals surface area contributed by atoms with Gasteiger partial charge in [0.2, 0.25) is 0 Å². The van der Waals surface area contributed by atoms with Crippen LogP contribution < -0.4 is 5.32 Å². The number of rotatable bonds is 3. The van der Waals surface area contributed by atoms with Gasteiger partial charge in [0, 0.05) is 29.9 Å². The first-order valence-corrected chi connectivity index (χ1v) is 8.79. The zero-order chi connectivity index (χ0) is 19.0. The second kappa shape index (κ2) is 6.68. The van der Waals surface area contributed by atoms with E-state index in [0.717, 1.165) is 33.4 Å². The maximum atomic E-state index is 12.4. The van der Waals surface area contributed by atoms with Gasteiger partial charge in [-0.05, 0) is 55.8 Å². The Bertz CT molecular complexity index is 1160. The Hall–Kier alpha value is -3.47. The Morgan fingerprint density at radius 2 is 1.85 bits per heavy atom. The monoisotopic (exact) mass is 356 g/mol. The van der Waals surface area contributed by atoms with Crippen LogP contribution in [0, 0.1) is 13.8 Å². The quantitative estimate of drug-likeness (QED) is 0.588. The standard InChI is InChI=1S/C22H20N4O/c1-14-4-7-19-16(12-14)6-9-20(24-19)17-5-8-18(15(2)13-17)25-22(27)21-10-11-23-26(21)3/h4-13H,1-3H3,(H,25,27). The molecule has 0 fully saturated rings. The van der Waals surface area contributed by atoms with Gasteiger partial charge in [0.15, 0.2) is 0 Å². The fourth-order valence-electron chi connectivity index (χ4n) is 3.15. The molecular weight excluding hydrogens is 336 g/mol. The molecule has 0 aliphatic rings. The molecule has 1 amide bonds. The number of pyridine rings is 1. The van der Waals surface area contributed by atoms with Crippen molar-refractivity contribution < 1.29 is 4.79 Å². The lowest BCUT2D eigenvalue weighted by Crippen LogP contribution is -2.16. The van der Waals surface area contributed by atoms with Crippen molar-refractivity contribution in [2.45, 2.75) is 13.8 Å². The van der Waals surface area contributed by atoms with Gasteiger partial charge in [-0.1, -0.05) is 23.8 Å². The molecule has 0 saturated heterocycles. The molecule has 1 N–H and O–H groups in total. The number of aromatic nitrogens is 3. The third-order valence-corrected chi connectivity index (χ3v) is 4.67. The molecular formula is C22H20N4O. The Morgan fingerprint density at radius 3 is 2.59 bits per heavy atom. The molecule has 0 unspecified atom stereocenters. The van der Waals surface area contributed by atoms with Crippen LogP contribution in [-0.4, -0.2) is 20.7 Å². The first-order valence-electron chi connectivity index (χ1n) is 8.79. The van der Waals surface area contributed by atoms with Crippen molar-refractivity contribution in [2.24, 2.45) is 7.05 Å². The van der Waals surface area contributed by atoms with E-state index in [2.05, 4.69) is 35.5 Å². The van der Waals surface area contributed by atoms with Crippen molar-refractivity contribution in [3.05, 3.63) is 77.6 Å². The van der Waals surface area contributed by atoms with Crippen LogP contribution in [-0.2, 0) is 7.05 Å². The van der Waals surface area contributed by atoms with Crippen molar-refractivity contribution in [3.63, 3.8) is 0 Å². The highest BCUT2D eigenvalue weighted by Crippen LogP contribution is 2.26. The first-order chi connectivity index (χ1) is 13.0. The number of nitrogens with one attached hydrogen (secondary N) is 1. The Labute approximate surface area is 157 Å². The summed E-state index contributed by atoms with van der Waals surface area (Å²) in [5.41, 5.74) is 6.42. The average molecular weight is 356 g/mol. The van der Waals surface area contributed by atoms with Crippen LogP contribution >= 0.6 is 0 Å². The molecule has 5 nitrogen and oxygen atoms in total. The summed E-state index contributed by atoms with van der Waals surface area (Å²) in [6.45, 7) is 4.06. The third kappa shape index (κ3) is 3.31. The number of nitrogens with zero attached hydrogens (tertiary/aromatic N) is 3. The summed E-state index contributed by atoms with van der Waals surface area (Å²) in [5.74, 6) is -0.176. The van der Waals surface area contributed by atoms with Crippen molar-refractivity contribution in [3.8, 4) is 11.3 Å². The van der Waals surface area contributed by atoms with Crippen molar-refractivity contribution in [2.75, 3.05) is 5.32 Å². The number of hydrogen-bond donors (Lipinski definition) is 1. The van der Waals surface area contributed by atoms with Gasteiger partial charge in [0.1, 0.15) is 5.69 Å². The van der Waals surface area contributed by atoms with Crippen LogP contribution in [0.1, 0.15) is 21.6 Å². The van der Waals surface area contributed by atoms with Crippen molar-refractivity contribution >= 4 is 22.5 Å². The van der Waals surface area contributed by atoms with E-state index in [-0.39, 0.29) is 5.91 Å². The molecule has 0 saturated carbocycles. The van der Waals surface area contributed by atoms with E-state index in [1.165, 1.54) is 5.56 Å². The van der Waals surface area contributed by atoms with E-state index >= 15 is 0 Å². The zero-order valence-corrected chi connectivity index (χ0v) is 15.5. The van der Waals surface area contributed by atoms with Gasteiger partial charge >= 0.3 is 0 Å². The Kier molecular flexibility index (Phi) is 4.20. The van der Waals surface area contributed by atoms with Crippen LogP contribution in [0.3, 0.4) is 0 Å². The minimum Gasteiger partial charge on any atom is -0.320 e. The van der Waals surface area contributed by atoms with Gasteiger partial charge in [-0.15, -0.1) is 0 Å². The summed E-state index contributed by atoms with van der Waals surface area (Å²) < 4.78 is 1.56. The fraction of sp³-hybridized carbons (Fsp3) is 0.136. The van der Waals surface area contributed by atoms with E-state index in [9.17, 15) is 4.79 Å². The van der Waals surface area contributed by atoms with Crippen LogP contribution in [0.15, 0.2) is 60.8 Å². The zero-order valence-electron chi connectivity index (χ0n) is 15.5. The fourth-order valence-corrected chi connectivity index (χ4v) is 3.15. The highest BCUT2D eigenvalue weighted by atomic mass is 16.2. The number of carbonyl (C=O) groups excluding carboxylic acids is 1. The normalized spacial score (nSPS) is 10.9. The molecule has 27 heavy (non-hydrogen) atoms. The molecule has 0 aliphatic carbocycles. The molecule has 2 aromatic heterocycles. The minimum atomic E-state index is -0.176. The summed E-state index contributed by atoms with van der Waals surface area (Å²) in [5, 5.41) is 8.12. The molecule has 2 heterocycles. The summed E-state index contributed by atoms with van der Waals surface area (Å²) >= 11 is 0. The molecule has 0 radical (unpaired) electrons. The second-order valence-corrected chi connectivity index (χ2v) is 6.72. The number of fused-ring (bicyclic) bond motifs is 1. The number of benzene rings is 2. The lowest BCUT2D eigenvalue weighted by Gasteiger charge is -2.11. The Balaban J connectivity index is 1.62. The molecule has 5 heteroatoms. The molecule has 0 spiro atoms. The minimum absolute atomic E-state index is 0.176. The summed E-state index contributed by atoms with van der Waals surface area (Å²) in [4.78, 5) is 17.2. The molecule has 4 rings (SSSR count). The van der Waals surface area contributed by atoms with E-state index < -0.39 is 0 Å². The molecule has 134 valence electrons. The third-order valence-electron chi connectivity index (χ3n) is 4.67. The Morgan fingerprint density at radius 1 is 1.00 bits per heavy atom. The van der Waals surface area contributed by atoms with Crippen molar-refractivity contribution in [1.29, 1.82) is 0 Å². The highest BCUT2D eigenvalue weighted by Gasteiger charge is 2.12. The molecule has 0 aliphatic heterocycles. The maximum Gasteiger partial charge on any atom is 0.273 e. The van der Waals surface area contributed by atoms with Crippen molar-refractivity contribution in [1.82, 2.24) is 14.8 Å². The van der Waals surface area contributed by atoms with E-state index in [0.29, 0.717) is 5.69 Å². The highest BCUT2D eigenvalue weighted by molar-refractivity contribution is 6.03. The van der Waals surface area contributed by atoms with Gasteiger partial charge in [0.25, 0.3) is 5.91 Å². The summed E-state index contributed by atoms with van der Waals surface area (Å²) in [6, 6.07) is 18.0. The number of hydrogen-bond acceptors (Lipinski definition) is 3. The predicted octanol–water partition coefficient (Wildman–Crippen LogP) is 4.50. The van der Waals surface area contributed by atoms with E-state index in [1.54, 1.807) is 24.0 Å². The van der Waals surface area contributed by atoms with Crippen LogP contribution in [0.25, 0.3) is 22.2 Å². The largest absolute Gasteiger partial charge is 0.320 e. The summed E-state index contributed by atoms with van der Waals surface area (Å²) in [7, 11) is 1.75. The predicted molar refractivity (Wildman–Crippen MR) is 108 cm³/mol. The molecule has 0 bridgehead atoms. The SMILES string of the molecule is Cc1ccc2nc(-c3ccc(NC(=O)c4ccnn4C)c(C)c3)ccc2c1. The van der Waals surface area contributed by atoms with Gasteiger partial charge in [-0.25, -0.2) is 4.98 Å². The number of amides is 1. The van der Waals surface area contributed by atoms with Crippen LogP contribution in [0.5, 0.6) is 0 Å². The lowest BCUT2D eigenvalue weighted by atomic mass is 10.0. The molecule has 2 aromatic carbocycles.